The lowest BCUT2D eigenvalue weighted by Crippen LogP contribution is -2.47. The van der Waals surface area contributed by atoms with Crippen LogP contribution in [0.2, 0.25) is 5.02 Å². The number of benzene rings is 1. The van der Waals surface area contributed by atoms with Crippen molar-refractivity contribution in [3.8, 4) is 0 Å². The molecular formula is C15H20ClN3O3. The van der Waals surface area contributed by atoms with Crippen LogP contribution in [0.1, 0.15) is 18.6 Å². The number of hydrogen-bond donors (Lipinski definition) is 2. The molecule has 1 atom stereocenters. The molecule has 1 saturated heterocycles. The SMILES string of the molecule is CCNC(=O)NC(=O)CN1CCO[C@H](c2ccccc2Cl)C1. The Labute approximate surface area is 134 Å². The number of carbonyl (C=O) groups excluding carboxylic acids is 2. The van der Waals surface area contributed by atoms with Gasteiger partial charge in [0.05, 0.1) is 19.3 Å². The Hall–Kier alpha value is -1.63. The van der Waals surface area contributed by atoms with Crippen molar-refractivity contribution in [1.29, 1.82) is 0 Å². The molecule has 0 saturated carbocycles. The summed E-state index contributed by atoms with van der Waals surface area (Å²) in [6, 6.07) is 7.05. The van der Waals surface area contributed by atoms with E-state index in [-0.39, 0.29) is 18.6 Å². The van der Waals surface area contributed by atoms with Gasteiger partial charge in [-0.2, -0.15) is 0 Å². The van der Waals surface area contributed by atoms with E-state index in [9.17, 15) is 9.59 Å². The molecule has 1 aliphatic heterocycles. The van der Waals surface area contributed by atoms with E-state index in [1.54, 1.807) is 6.92 Å². The number of nitrogens with one attached hydrogen (secondary N) is 2. The molecule has 1 fully saturated rings. The van der Waals surface area contributed by atoms with Gasteiger partial charge in [0.1, 0.15) is 0 Å². The lowest BCUT2D eigenvalue weighted by Gasteiger charge is -2.32. The van der Waals surface area contributed by atoms with E-state index < -0.39 is 6.03 Å². The van der Waals surface area contributed by atoms with Crippen LogP contribution in [0.15, 0.2) is 24.3 Å². The minimum atomic E-state index is -0.469. The minimum Gasteiger partial charge on any atom is -0.371 e. The Kier molecular flexibility index (Phi) is 6.18. The maximum absolute atomic E-state index is 11.8. The van der Waals surface area contributed by atoms with Crippen LogP contribution in [-0.2, 0) is 9.53 Å². The number of imide groups is 1. The summed E-state index contributed by atoms with van der Waals surface area (Å²) in [4.78, 5) is 25.1. The van der Waals surface area contributed by atoms with Crippen LogP contribution in [0.5, 0.6) is 0 Å². The fourth-order valence-electron chi connectivity index (χ4n) is 2.34. The number of hydrogen-bond acceptors (Lipinski definition) is 4. The normalized spacial score (nSPS) is 18.7. The molecule has 120 valence electrons. The van der Waals surface area contributed by atoms with Gasteiger partial charge in [0.25, 0.3) is 0 Å². The third-order valence-electron chi connectivity index (χ3n) is 3.36. The topological polar surface area (TPSA) is 70.7 Å². The summed E-state index contributed by atoms with van der Waals surface area (Å²) in [5.74, 6) is -0.328. The average Bonchev–Trinajstić information content (AvgIpc) is 2.48. The maximum atomic E-state index is 11.8. The summed E-state index contributed by atoms with van der Waals surface area (Å²) in [5.41, 5.74) is 0.915. The number of morpholine rings is 1. The molecule has 6 nitrogen and oxygen atoms in total. The number of urea groups is 1. The lowest BCUT2D eigenvalue weighted by atomic mass is 10.1. The molecule has 1 aromatic carbocycles. The first-order valence-electron chi connectivity index (χ1n) is 7.26. The monoisotopic (exact) mass is 325 g/mol. The summed E-state index contributed by atoms with van der Waals surface area (Å²) in [6.45, 7) is 4.15. The van der Waals surface area contributed by atoms with Crippen LogP contribution in [0.4, 0.5) is 4.79 Å². The molecule has 1 aromatic rings. The molecule has 3 amide bonds. The fraction of sp³-hybridized carbons (Fsp3) is 0.467. The van der Waals surface area contributed by atoms with Gasteiger partial charge in [-0.15, -0.1) is 0 Å². The molecule has 2 rings (SSSR count). The number of halogens is 1. The van der Waals surface area contributed by atoms with Gasteiger partial charge in [0.2, 0.25) is 5.91 Å². The van der Waals surface area contributed by atoms with Gasteiger partial charge < -0.3 is 10.1 Å². The van der Waals surface area contributed by atoms with E-state index in [0.717, 1.165) is 5.56 Å². The van der Waals surface area contributed by atoms with Gasteiger partial charge in [-0.25, -0.2) is 4.79 Å². The quantitative estimate of drug-likeness (QED) is 0.881. The molecule has 0 aromatic heterocycles. The summed E-state index contributed by atoms with van der Waals surface area (Å²) in [5, 5.41) is 5.47. The van der Waals surface area contributed by atoms with Crippen LogP contribution >= 0.6 is 11.6 Å². The molecule has 0 aliphatic carbocycles. The summed E-state index contributed by atoms with van der Waals surface area (Å²) < 4.78 is 5.74. The van der Waals surface area contributed by atoms with Gasteiger partial charge in [-0.05, 0) is 13.0 Å². The largest absolute Gasteiger partial charge is 0.371 e. The van der Waals surface area contributed by atoms with Gasteiger partial charge in [-0.3, -0.25) is 15.0 Å². The fourth-order valence-corrected chi connectivity index (χ4v) is 2.60. The highest BCUT2D eigenvalue weighted by molar-refractivity contribution is 6.31. The smallest absolute Gasteiger partial charge is 0.321 e. The Morgan fingerprint density at radius 2 is 2.18 bits per heavy atom. The molecule has 0 unspecified atom stereocenters. The van der Waals surface area contributed by atoms with Gasteiger partial charge in [0, 0.05) is 30.2 Å². The van der Waals surface area contributed by atoms with E-state index in [1.165, 1.54) is 0 Å². The van der Waals surface area contributed by atoms with E-state index in [4.69, 9.17) is 16.3 Å². The first-order chi connectivity index (χ1) is 10.6. The van der Waals surface area contributed by atoms with E-state index in [0.29, 0.717) is 31.3 Å². The van der Waals surface area contributed by atoms with Crippen LogP contribution < -0.4 is 10.6 Å². The Morgan fingerprint density at radius 3 is 2.91 bits per heavy atom. The lowest BCUT2D eigenvalue weighted by molar-refractivity contribution is -0.123. The first kappa shape index (κ1) is 16.7. The molecule has 1 aliphatic rings. The molecule has 1 heterocycles. The maximum Gasteiger partial charge on any atom is 0.321 e. The first-order valence-corrected chi connectivity index (χ1v) is 7.64. The second-order valence-corrected chi connectivity index (χ2v) is 5.43. The number of carbonyl (C=O) groups is 2. The van der Waals surface area contributed by atoms with Crippen LogP contribution in [0, 0.1) is 0 Å². The van der Waals surface area contributed by atoms with Crippen molar-refractivity contribution in [3.05, 3.63) is 34.9 Å². The Balaban J connectivity index is 1.90. The van der Waals surface area contributed by atoms with Crippen LogP contribution in [0.3, 0.4) is 0 Å². The minimum absolute atomic E-state index is 0.154. The standard InChI is InChI=1S/C15H20ClN3O3/c1-2-17-15(21)18-14(20)10-19-7-8-22-13(9-19)11-5-3-4-6-12(11)16/h3-6,13H,2,7-10H2,1H3,(H2,17,18,20,21)/t13-/m0/s1. The van der Waals surface area contributed by atoms with Gasteiger partial charge in [-0.1, -0.05) is 29.8 Å². The second-order valence-electron chi connectivity index (χ2n) is 5.02. The summed E-state index contributed by atoms with van der Waals surface area (Å²) >= 11 is 6.18. The molecule has 7 heteroatoms. The van der Waals surface area contributed by atoms with Crippen molar-refractivity contribution in [2.75, 3.05) is 32.8 Å². The van der Waals surface area contributed by atoms with E-state index >= 15 is 0 Å². The predicted octanol–water partition coefficient (Wildman–Crippen LogP) is 1.56. The zero-order chi connectivity index (χ0) is 15.9. The highest BCUT2D eigenvalue weighted by Gasteiger charge is 2.25. The van der Waals surface area contributed by atoms with Crippen molar-refractivity contribution in [2.24, 2.45) is 0 Å². The second kappa shape index (κ2) is 8.12. The Bertz CT molecular complexity index is 539. The number of amides is 3. The van der Waals surface area contributed by atoms with Crippen LogP contribution in [0.25, 0.3) is 0 Å². The van der Waals surface area contributed by atoms with Crippen LogP contribution in [-0.4, -0.2) is 49.6 Å². The summed E-state index contributed by atoms with van der Waals surface area (Å²) in [7, 11) is 0. The van der Waals surface area contributed by atoms with Gasteiger partial charge >= 0.3 is 6.03 Å². The van der Waals surface area contributed by atoms with Crippen molar-refractivity contribution >= 4 is 23.5 Å². The van der Waals surface area contributed by atoms with Crippen molar-refractivity contribution in [2.45, 2.75) is 13.0 Å². The van der Waals surface area contributed by atoms with Gasteiger partial charge in [0.15, 0.2) is 0 Å². The Morgan fingerprint density at radius 1 is 1.41 bits per heavy atom. The third kappa shape index (κ3) is 4.69. The number of nitrogens with zero attached hydrogens (tertiary/aromatic N) is 1. The molecule has 2 N–H and O–H groups in total. The number of ether oxygens (including phenoxy) is 1. The highest BCUT2D eigenvalue weighted by Crippen LogP contribution is 2.28. The summed E-state index contributed by atoms with van der Waals surface area (Å²) in [6.07, 6.45) is -0.167. The zero-order valence-corrected chi connectivity index (χ0v) is 13.2. The van der Waals surface area contributed by atoms with E-state index in [1.807, 2.05) is 29.2 Å². The van der Waals surface area contributed by atoms with Crippen molar-refractivity contribution < 1.29 is 14.3 Å². The van der Waals surface area contributed by atoms with Crippen molar-refractivity contribution in [1.82, 2.24) is 15.5 Å². The van der Waals surface area contributed by atoms with Crippen molar-refractivity contribution in [3.63, 3.8) is 0 Å². The zero-order valence-electron chi connectivity index (χ0n) is 12.5. The molecule has 0 spiro atoms. The average molecular weight is 326 g/mol. The predicted molar refractivity (Wildman–Crippen MR) is 83.8 cm³/mol. The molecular weight excluding hydrogens is 306 g/mol. The third-order valence-corrected chi connectivity index (χ3v) is 3.70. The van der Waals surface area contributed by atoms with E-state index in [2.05, 4.69) is 10.6 Å². The molecule has 0 radical (unpaired) electrons. The number of rotatable bonds is 4. The molecule has 0 bridgehead atoms. The molecule has 22 heavy (non-hydrogen) atoms. The highest BCUT2D eigenvalue weighted by atomic mass is 35.5.